The second-order valence-electron chi connectivity index (χ2n) is 8.19. The topological polar surface area (TPSA) is 50.5 Å². The molecule has 2 heterocycles. The second kappa shape index (κ2) is 7.95. The summed E-state index contributed by atoms with van der Waals surface area (Å²) in [6.45, 7) is 4.31. The molecule has 0 aliphatic carbocycles. The number of nitrogens with zero attached hydrogens (tertiary/aromatic N) is 1. The second-order valence-corrected chi connectivity index (χ2v) is 8.60. The van der Waals surface area contributed by atoms with E-state index in [0.29, 0.717) is 28.1 Å². The summed E-state index contributed by atoms with van der Waals surface area (Å²) in [4.78, 5) is 28.9. The van der Waals surface area contributed by atoms with E-state index in [2.05, 4.69) is 6.92 Å². The third-order valence-corrected chi connectivity index (χ3v) is 6.55. The summed E-state index contributed by atoms with van der Waals surface area (Å²) >= 11 is 6.30. The first-order chi connectivity index (χ1) is 15.5. The molecule has 5 rings (SSSR count). The molecule has 0 bridgehead atoms. The number of halogens is 1. The number of aryl methyl sites for hydroxylation is 2. The van der Waals surface area contributed by atoms with Gasteiger partial charge in [0.2, 0.25) is 5.76 Å². The van der Waals surface area contributed by atoms with Crippen LogP contribution in [0, 0.1) is 6.92 Å². The molecule has 0 saturated carbocycles. The van der Waals surface area contributed by atoms with Crippen LogP contribution < -0.4 is 5.43 Å². The van der Waals surface area contributed by atoms with Crippen molar-refractivity contribution >= 4 is 28.5 Å². The Balaban J connectivity index is 1.73. The third kappa shape index (κ3) is 3.32. The van der Waals surface area contributed by atoms with Crippen LogP contribution >= 0.6 is 11.6 Å². The molecule has 4 aromatic rings. The average Bonchev–Trinajstić information content (AvgIpc) is 3.08. The maximum atomic E-state index is 13.6. The zero-order chi connectivity index (χ0) is 22.4. The normalized spacial score (nSPS) is 15.4. The summed E-state index contributed by atoms with van der Waals surface area (Å²) in [5.74, 6) is -0.162. The summed E-state index contributed by atoms with van der Waals surface area (Å²) in [5.41, 5.74) is 4.40. The fourth-order valence-corrected chi connectivity index (χ4v) is 4.53. The third-order valence-electron chi connectivity index (χ3n) is 6.15. The number of hydrogen-bond donors (Lipinski definition) is 0. The van der Waals surface area contributed by atoms with Gasteiger partial charge in [0.15, 0.2) is 5.43 Å². The van der Waals surface area contributed by atoms with Crippen LogP contribution in [0.5, 0.6) is 0 Å². The highest BCUT2D eigenvalue weighted by atomic mass is 35.5. The molecule has 3 aromatic carbocycles. The molecule has 0 fully saturated rings. The van der Waals surface area contributed by atoms with Crippen LogP contribution in [0.1, 0.15) is 51.3 Å². The van der Waals surface area contributed by atoms with Gasteiger partial charge >= 0.3 is 0 Å². The molecule has 1 aromatic heterocycles. The zero-order valence-electron chi connectivity index (χ0n) is 17.9. The zero-order valence-corrected chi connectivity index (χ0v) is 18.6. The minimum Gasteiger partial charge on any atom is -0.450 e. The fraction of sp³-hybridized carbons (Fsp3) is 0.185. The molecule has 1 amide bonds. The Bertz CT molecular complexity index is 1390. The molecule has 0 radical (unpaired) electrons. The summed E-state index contributed by atoms with van der Waals surface area (Å²) in [6.07, 6.45) is 0.915. The van der Waals surface area contributed by atoms with Gasteiger partial charge in [-0.05, 0) is 47.7 Å². The van der Waals surface area contributed by atoms with Crippen molar-refractivity contribution < 1.29 is 9.21 Å². The lowest BCUT2D eigenvalue weighted by molar-refractivity contribution is 0.0714. The number of carbonyl (C=O) groups excluding carboxylic acids is 1. The smallest absolute Gasteiger partial charge is 0.291 e. The molecule has 0 N–H and O–H groups in total. The van der Waals surface area contributed by atoms with Crippen LogP contribution in [-0.4, -0.2) is 10.8 Å². The van der Waals surface area contributed by atoms with Crippen molar-refractivity contribution in [1.82, 2.24) is 4.90 Å². The maximum Gasteiger partial charge on any atom is 0.291 e. The van der Waals surface area contributed by atoms with Crippen LogP contribution in [0.25, 0.3) is 11.0 Å². The van der Waals surface area contributed by atoms with E-state index in [1.807, 2.05) is 61.5 Å². The van der Waals surface area contributed by atoms with Gasteiger partial charge < -0.3 is 9.32 Å². The van der Waals surface area contributed by atoms with Gasteiger partial charge in [-0.1, -0.05) is 73.1 Å². The molecule has 4 nitrogen and oxygen atoms in total. The molecular weight excluding hydrogens is 422 g/mol. The average molecular weight is 444 g/mol. The SMILES string of the molecule is CCc1ccc(C2c3c(oc4cc(C)c(Cl)cc4c3=O)C(=O)N2Cc2ccccc2)cc1. The van der Waals surface area contributed by atoms with Gasteiger partial charge in [-0.3, -0.25) is 9.59 Å². The first-order valence-corrected chi connectivity index (χ1v) is 11.1. The van der Waals surface area contributed by atoms with Crippen molar-refractivity contribution in [3.63, 3.8) is 0 Å². The van der Waals surface area contributed by atoms with E-state index < -0.39 is 6.04 Å². The molecule has 1 atom stereocenters. The highest BCUT2D eigenvalue weighted by molar-refractivity contribution is 6.32. The van der Waals surface area contributed by atoms with Gasteiger partial charge in [0.25, 0.3) is 5.91 Å². The van der Waals surface area contributed by atoms with Crippen molar-refractivity contribution in [1.29, 1.82) is 0 Å². The lowest BCUT2D eigenvalue weighted by Crippen LogP contribution is -2.29. The van der Waals surface area contributed by atoms with E-state index in [9.17, 15) is 9.59 Å². The minimum absolute atomic E-state index is 0.115. The Hall–Kier alpha value is -3.37. The van der Waals surface area contributed by atoms with E-state index in [-0.39, 0.29) is 17.1 Å². The van der Waals surface area contributed by atoms with E-state index in [4.69, 9.17) is 16.0 Å². The van der Waals surface area contributed by atoms with Crippen LogP contribution in [0.4, 0.5) is 0 Å². The van der Waals surface area contributed by atoms with Gasteiger partial charge in [-0.25, -0.2) is 0 Å². The standard InChI is InChI=1S/C27H22ClNO3/c1-3-17-9-11-19(12-10-17)24-23-25(30)20-14-21(28)16(2)13-22(20)32-26(23)27(31)29(24)15-18-7-5-4-6-8-18/h4-14,24H,3,15H2,1-2H3. The van der Waals surface area contributed by atoms with Crippen molar-refractivity contribution in [2.75, 3.05) is 0 Å². The number of amides is 1. The number of benzene rings is 3. The van der Waals surface area contributed by atoms with Crippen molar-refractivity contribution in [3.8, 4) is 0 Å². The fourth-order valence-electron chi connectivity index (χ4n) is 4.37. The molecule has 0 spiro atoms. The Kier molecular flexibility index (Phi) is 5.10. The molecule has 160 valence electrons. The first-order valence-electron chi connectivity index (χ1n) is 10.7. The monoisotopic (exact) mass is 443 g/mol. The molecule has 0 saturated heterocycles. The number of rotatable bonds is 4. The molecule has 1 aliphatic heterocycles. The molecule has 1 aliphatic rings. The maximum absolute atomic E-state index is 13.6. The number of fused-ring (bicyclic) bond motifs is 2. The van der Waals surface area contributed by atoms with Crippen LogP contribution in [-0.2, 0) is 13.0 Å². The van der Waals surface area contributed by atoms with Gasteiger partial charge in [0.05, 0.1) is 17.0 Å². The molecule has 1 unspecified atom stereocenters. The molecule has 5 heteroatoms. The van der Waals surface area contributed by atoms with E-state index in [0.717, 1.165) is 23.1 Å². The molecular formula is C27H22ClNO3. The minimum atomic E-state index is -0.524. The Morgan fingerprint density at radius 3 is 2.38 bits per heavy atom. The summed E-state index contributed by atoms with van der Waals surface area (Å²) in [5, 5.41) is 0.892. The van der Waals surface area contributed by atoms with Crippen molar-refractivity contribution in [3.05, 3.63) is 116 Å². The van der Waals surface area contributed by atoms with Gasteiger partial charge in [0.1, 0.15) is 5.58 Å². The highest BCUT2D eigenvalue weighted by Gasteiger charge is 2.42. The van der Waals surface area contributed by atoms with Gasteiger partial charge in [-0.15, -0.1) is 0 Å². The Morgan fingerprint density at radius 2 is 1.69 bits per heavy atom. The number of hydrogen-bond acceptors (Lipinski definition) is 3. The van der Waals surface area contributed by atoms with Crippen molar-refractivity contribution in [2.45, 2.75) is 32.9 Å². The largest absolute Gasteiger partial charge is 0.450 e. The van der Waals surface area contributed by atoms with Crippen LogP contribution in [0.2, 0.25) is 5.02 Å². The van der Waals surface area contributed by atoms with E-state index in [1.54, 1.807) is 17.0 Å². The lowest BCUT2D eigenvalue weighted by Gasteiger charge is -2.25. The predicted molar refractivity (Wildman–Crippen MR) is 126 cm³/mol. The Labute approximate surface area is 191 Å². The van der Waals surface area contributed by atoms with Gasteiger partial charge in [0, 0.05) is 11.6 Å². The predicted octanol–water partition coefficient (Wildman–Crippen LogP) is 6.06. The summed E-state index contributed by atoms with van der Waals surface area (Å²) in [7, 11) is 0. The van der Waals surface area contributed by atoms with E-state index >= 15 is 0 Å². The first kappa shape index (κ1) is 20.5. The lowest BCUT2D eigenvalue weighted by atomic mass is 9.96. The van der Waals surface area contributed by atoms with Gasteiger partial charge in [-0.2, -0.15) is 0 Å². The molecule has 32 heavy (non-hydrogen) atoms. The Morgan fingerprint density at radius 1 is 0.969 bits per heavy atom. The highest BCUT2D eigenvalue weighted by Crippen LogP contribution is 2.39. The van der Waals surface area contributed by atoms with Crippen LogP contribution in [0.15, 0.2) is 75.9 Å². The van der Waals surface area contributed by atoms with Crippen LogP contribution in [0.3, 0.4) is 0 Å². The number of carbonyl (C=O) groups is 1. The van der Waals surface area contributed by atoms with E-state index in [1.165, 1.54) is 5.56 Å². The summed E-state index contributed by atoms with van der Waals surface area (Å²) in [6, 6.07) is 20.7. The summed E-state index contributed by atoms with van der Waals surface area (Å²) < 4.78 is 6.05. The quantitative estimate of drug-likeness (QED) is 0.385. The van der Waals surface area contributed by atoms with Crippen molar-refractivity contribution in [2.24, 2.45) is 0 Å².